The van der Waals surface area contributed by atoms with E-state index in [2.05, 4.69) is 0 Å². The Labute approximate surface area is 282 Å². The molecule has 0 saturated carbocycles. The fourth-order valence-corrected chi connectivity index (χ4v) is 6.42. The van der Waals surface area contributed by atoms with Crippen LogP contribution in [0, 0.1) is 22.7 Å². The summed E-state index contributed by atoms with van der Waals surface area (Å²) in [7, 11) is 0. The molecule has 7 aromatic rings. The van der Waals surface area contributed by atoms with Crippen molar-refractivity contribution in [1.29, 1.82) is 10.5 Å². The van der Waals surface area contributed by atoms with Gasteiger partial charge in [-0.3, -0.25) is 0 Å². The normalized spacial score (nSPS) is 13.0. The molecule has 5 aromatic carbocycles. The van der Waals surface area contributed by atoms with Crippen LogP contribution in [0.1, 0.15) is 33.4 Å². The molecule has 0 radical (unpaired) electrons. The molecule has 2 heterocycles. The quantitative estimate of drug-likeness (QED) is 0.166. The van der Waals surface area contributed by atoms with E-state index in [0.29, 0.717) is 48.5 Å². The van der Waals surface area contributed by atoms with Crippen LogP contribution in [0.5, 0.6) is 0 Å². The molecule has 4 nitrogen and oxygen atoms in total. The zero-order valence-electron chi connectivity index (χ0n) is 25.4. The third-order valence-electron chi connectivity index (χ3n) is 8.65. The maximum absolute atomic E-state index is 14.1. The van der Waals surface area contributed by atoms with Crippen molar-refractivity contribution in [1.82, 2.24) is 9.13 Å². The van der Waals surface area contributed by atoms with Crippen LogP contribution in [0.4, 0.5) is 52.7 Å². The molecule has 0 N–H and O–H groups in total. The number of rotatable bonds is 2. The molecule has 0 fully saturated rings. The Morgan fingerprint density at radius 3 is 1.02 bits per heavy atom. The Kier molecular flexibility index (Phi) is 7.37. The second kappa shape index (κ2) is 11.2. The van der Waals surface area contributed by atoms with E-state index in [4.69, 9.17) is 0 Å². The third-order valence-corrected chi connectivity index (χ3v) is 8.65. The van der Waals surface area contributed by atoms with Crippen LogP contribution >= 0.6 is 0 Å². The van der Waals surface area contributed by atoms with Crippen molar-refractivity contribution in [3.05, 3.63) is 118 Å². The van der Waals surface area contributed by atoms with E-state index in [1.54, 1.807) is 12.1 Å². The molecule has 0 saturated heterocycles. The molecule has 0 spiro atoms. The molecule has 7 rings (SSSR count). The van der Waals surface area contributed by atoms with Gasteiger partial charge < -0.3 is 9.13 Å². The van der Waals surface area contributed by atoms with Crippen molar-refractivity contribution in [2.45, 2.75) is 24.7 Å². The molecule has 0 aliphatic carbocycles. The van der Waals surface area contributed by atoms with Gasteiger partial charge in [0.05, 0.1) is 72.9 Å². The number of nitriles is 2. The van der Waals surface area contributed by atoms with E-state index in [9.17, 15) is 63.2 Å². The number of nitrogens with zero attached hydrogens (tertiary/aromatic N) is 4. The fraction of sp³-hybridized carbons (Fsp3) is 0.111. The molecule has 0 amide bonds. The monoisotopic (exact) mass is 730 g/mol. The van der Waals surface area contributed by atoms with Crippen LogP contribution in [0.25, 0.3) is 55.0 Å². The number of aromatic nitrogens is 2. The predicted octanol–water partition coefficient (Wildman–Crippen LogP) is 11.7. The summed E-state index contributed by atoms with van der Waals surface area (Å²) >= 11 is 0. The Bertz CT molecular complexity index is 2570. The summed E-state index contributed by atoms with van der Waals surface area (Å²) in [5.74, 6) is 0. The lowest BCUT2D eigenvalue weighted by Crippen LogP contribution is -2.10. The highest BCUT2D eigenvalue weighted by Gasteiger charge is 2.36. The summed E-state index contributed by atoms with van der Waals surface area (Å²) in [5.41, 5.74) is -8.50. The van der Waals surface area contributed by atoms with Gasteiger partial charge in [-0.15, -0.1) is 0 Å². The number of fused-ring (bicyclic) bond motifs is 6. The van der Waals surface area contributed by atoms with E-state index in [-0.39, 0.29) is 27.1 Å². The minimum atomic E-state index is -4.98. The molecule has 0 unspecified atom stereocenters. The first-order valence-electron chi connectivity index (χ1n) is 14.7. The van der Waals surface area contributed by atoms with Crippen LogP contribution in [0.15, 0.2) is 84.9 Å². The van der Waals surface area contributed by atoms with Gasteiger partial charge in [0.1, 0.15) is 6.07 Å². The van der Waals surface area contributed by atoms with Gasteiger partial charge in [0.2, 0.25) is 0 Å². The molecule has 0 bridgehead atoms. The van der Waals surface area contributed by atoms with Crippen LogP contribution in [0.3, 0.4) is 0 Å². The van der Waals surface area contributed by atoms with Gasteiger partial charge in [-0.1, -0.05) is 24.3 Å². The van der Waals surface area contributed by atoms with E-state index in [0.717, 1.165) is 45.5 Å². The SMILES string of the molecule is N#Cc1cc(C#N)c(-n2c3cc(C(F)(F)F)ccc3c3ccc(C(F)(F)F)cc32)c(-n2c3cc(C(F)(F)F)ccc3c3ccc(C(F)(F)F)cc32)c1. The van der Waals surface area contributed by atoms with Gasteiger partial charge in [0.15, 0.2) is 0 Å². The number of halogens is 12. The Morgan fingerprint density at radius 1 is 0.404 bits per heavy atom. The Hall–Kier alpha value is -6.16. The molecule has 52 heavy (non-hydrogen) atoms. The minimum absolute atomic E-state index is 0.0236. The smallest absolute Gasteiger partial charge is 0.307 e. The second-order valence-corrected chi connectivity index (χ2v) is 11.7. The van der Waals surface area contributed by atoms with Crippen molar-refractivity contribution in [3.63, 3.8) is 0 Å². The number of hydrogen-bond donors (Lipinski definition) is 0. The summed E-state index contributed by atoms with van der Waals surface area (Å²) in [5, 5.41) is 20.2. The highest BCUT2D eigenvalue weighted by atomic mass is 19.4. The van der Waals surface area contributed by atoms with Crippen LogP contribution in [-0.4, -0.2) is 9.13 Å². The molecule has 0 atom stereocenters. The average Bonchev–Trinajstić information content (AvgIpc) is 3.57. The minimum Gasteiger partial charge on any atom is -0.307 e. The van der Waals surface area contributed by atoms with Crippen LogP contribution < -0.4 is 0 Å². The largest absolute Gasteiger partial charge is 0.416 e. The lowest BCUT2D eigenvalue weighted by Gasteiger charge is -2.20. The first-order valence-corrected chi connectivity index (χ1v) is 14.7. The molecule has 16 heteroatoms. The summed E-state index contributed by atoms with van der Waals surface area (Å²) in [4.78, 5) is 0. The van der Waals surface area contributed by atoms with Gasteiger partial charge in [-0.25, -0.2) is 0 Å². The summed E-state index contributed by atoms with van der Waals surface area (Å²) in [6, 6.07) is 14.5. The Morgan fingerprint density at radius 2 is 0.731 bits per heavy atom. The zero-order chi connectivity index (χ0) is 37.7. The highest BCUT2D eigenvalue weighted by molar-refractivity contribution is 6.12. The van der Waals surface area contributed by atoms with Crippen molar-refractivity contribution in [2.24, 2.45) is 0 Å². The first kappa shape index (κ1) is 34.3. The van der Waals surface area contributed by atoms with E-state index in [1.165, 1.54) is 0 Å². The average molecular weight is 731 g/mol. The summed E-state index contributed by atoms with van der Waals surface area (Å²) in [6.07, 6.45) is -19.9. The van der Waals surface area contributed by atoms with Crippen LogP contribution in [-0.2, 0) is 24.7 Å². The highest BCUT2D eigenvalue weighted by Crippen LogP contribution is 2.45. The molecular weight excluding hydrogens is 716 g/mol. The van der Waals surface area contributed by atoms with Gasteiger partial charge in [-0.05, 0) is 60.7 Å². The van der Waals surface area contributed by atoms with Crippen molar-refractivity contribution >= 4 is 43.6 Å². The van der Waals surface area contributed by atoms with E-state index in [1.807, 2.05) is 0 Å². The maximum atomic E-state index is 14.1. The summed E-state index contributed by atoms with van der Waals surface area (Å²) in [6.45, 7) is 0. The van der Waals surface area contributed by atoms with Crippen LogP contribution in [0.2, 0.25) is 0 Å². The number of alkyl halides is 12. The second-order valence-electron chi connectivity index (χ2n) is 11.7. The molecule has 0 aliphatic rings. The maximum Gasteiger partial charge on any atom is 0.416 e. The lowest BCUT2D eigenvalue weighted by molar-refractivity contribution is -0.138. The van der Waals surface area contributed by atoms with Gasteiger partial charge in [-0.2, -0.15) is 63.2 Å². The van der Waals surface area contributed by atoms with Crippen molar-refractivity contribution in [2.75, 3.05) is 0 Å². The Balaban J connectivity index is 1.75. The molecule has 0 aliphatic heterocycles. The van der Waals surface area contributed by atoms with E-state index < -0.39 is 86.0 Å². The van der Waals surface area contributed by atoms with Gasteiger partial charge in [0.25, 0.3) is 0 Å². The zero-order valence-corrected chi connectivity index (χ0v) is 25.4. The van der Waals surface area contributed by atoms with Gasteiger partial charge >= 0.3 is 24.7 Å². The number of benzene rings is 5. The first-order chi connectivity index (χ1) is 24.2. The van der Waals surface area contributed by atoms with E-state index >= 15 is 0 Å². The van der Waals surface area contributed by atoms with Gasteiger partial charge in [0, 0.05) is 21.5 Å². The fourth-order valence-electron chi connectivity index (χ4n) is 6.42. The lowest BCUT2D eigenvalue weighted by atomic mass is 10.1. The standard InChI is InChI=1S/C36H14F12N4/c37-33(38,39)19-1-5-23-24-6-2-20(34(40,41)42)12-28(24)51(27(23)11-19)31-10-17(15-49)9-18(16-50)32(31)52-29-13-21(35(43,44)45)3-7-25(29)26-8-4-22(14-30(26)52)36(46,47)48/h1-14H. The molecule has 262 valence electrons. The predicted molar refractivity (Wildman–Crippen MR) is 165 cm³/mol. The molecular formula is C36H14F12N4. The molecule has 2 aromatic heterocycles. The number of hydrogen-bond acceptors (Lipinski definition) is 2. The van der Waals surface area contributed by atoms with Crippen molar-refractivity contribution in [3.8, 4) is 23.5 Å². The summed E-state index contributed by atoms with van der Waals surface area (Å²) < 4.78 is 170. The van der Waals surface area contributed by atoms with Crippen molar-refractivity contribution < 1.29 is 52.7 Å². The third kappa shape index (κ3) is 5.42. The topological polar surface area (TPSA) is 57.4 Å².